The van der Waals surface area contributed by atoms with Gasteiger partial charge in [0.2, 0.25) is 0 Å². The number of hydrogen-bond acceptors (Lipinski definition) is 3. The van der Waals surface area contributed by atoms with Crippen molar-refractivity contribution in [2.45, 2.75) is 18.1 Å². The molecular formula is C7H9FN4O4. The molecule has 1 aliphatic heterocycles. The maximum Gasteiger partial charge on any atom is 0.408 e. The second kappa shape index (κ2) is 4.23. The highest BCUT2D eigenvalue weighted by atomic mass is 19.1. The lowest BCUT2D eigenvalue weighted by molar-refractivity contribution is -0.141. The number of hydrogen-bond donors (Lipinski definition) is 2. The highest BCUT2D eigenvalue weighted by Crippen LogP contribution is 2.31. The zero-order valence-electron chi connectivity index (χ0n) is 8.08. The summed E-state index contributed by atoms with van der Waals surface area (Å²) in [4.78, 5) is 24.2. The molecule has 0 saturated carbocycles. The van der Waals surface area contributed by atoms with Gasteiger partial charge in [-0.2, -0.15) is 0 Å². The number of alkyl halides is 1. The Balaban J connectivity index is 2.86. The Kier molecular flexibility index (Phi) is 3.19. The third kappa shape index (κ3) is 2.31. The molecule has 0 spiro atoms. The summed E-state index contributed by atoms with van der Waals surface area (Å²) in [6.07, 6.45) is -2.01. The minimum absolute atomic E-state index is 0.495. The van der Waals surface area contributed by atoms with E-state index in [0.29, 0.717) is 4.90 Å². The molecule has 2 atom stereocenters. The van der Waals surface area contributed by atoms with Crippen LogP contribution in [0.3, 0.4) is 0 Å². The van der Waals surface area contributed by atoms with Crippen molar-refractivity contribution in [3.8, 4) is 0 Å². The first kappa shape index (κ1) is 12.1. The number of carboxylic acid groups (broad SMARTS) is 2. The molecule has 0 aromatic carbocycles. The van der Waals surface area contributed by atoms with Gasteiger partial charge in [0.25, 0.3) is 0 Å². The first-order valence-corrected chi connectivity index (χ1v) is 4.32. The van der Waals surface area contributed by atoms with Gasteiger partial charge in [0.1, 0.15) is 11.7 Å². The van der Waals surface area contributed by atoms with Crippen molar-refractivity contribution in [1.82, 2.24) is 4.90 Å². The van der Waals surface area contributed by atoms with Gasteiger partial charge in [-0.3, -0.25) is 4.90 Å². The molecule has 1 amide bonds. The molecule has 2 N–H and O–H groups in total. The molecule has 1 aliphatic rings. The molecule has 88 valence electrons. The van der Waals surface area contributed by atoms with Gasteiger partial charge in [0.15, 0.2) is 0 Å². The molecule has 8 nitrogen and oxygen atoms in total. The van der Waals surface area contributed by atoms with E-state index in [1.807, 2.05) is 0 Å². The van der Waals surface area contributed by atoms with Crippen molar-refractivity contribution >= 4 is 12.1 Å². The molecule has 0 aromatic rings. The summed E-state index contributed by atoms with van der Waals surface area (Å²) < 4.78 is 13.9. The Labute approximate surface area is 88.9 Å². The number of halogens is 1. The fourth-order valence-corrected chi connectivity index (χ4v) is 1.63. The monoisotopic (exact) mass is 232 g/mol. The van der Waals surface area contributed by atoms with E-state index in [-0.39, 0.29) is 0 Å². The number of nitrogens with zero attached hydrogens (tertiary/aromatic N) is 4. The summed E-state index contributed by atoms with van der Waals surface area (Å²) in [7, 11) is 0. The largest absolute Gasteiger partial charge is 0.480 e. The number of amides is 1. The maximum atomic E-state index is 13.9. The topological polar surface area (TPSA) is 127 Å². The summed E-state index contributed by atoms with van der Waals surface area (Å²) in [6, 6.07) is -1.43. The number of carbonyl (C=O) groups is 2. The van der Waals surface area contributed by atoms with Gasteiger partial charge in [-0.15, -0.1) is 0 Å². The van der Waals surface area contributed by atoms with Crippen LogP contribution in [0.25, 0.3) is 10.4 Å². The maximum absolute atomic E-state index is 13.9. The molecule has 1 fully saturated rings. The average Bonchev–Trinajstić information content (AvgIpc) is 2.55. The Hall–Kier alpha value is -2.02. The second-order valence-corrected chi connectivity index (χ2v) is 3.51. The molecule has 0 radical (unpaired) electrons. The van der Waals surface area contributed by atoms with Crippen LogP contribution in [-0.4, -0.2) is 52.0 Å². The van der Waals surface area contributed by atoms with Crippen LogP contribution in [-0.2, 0) is 4.79 Å². The van der Waals surface area contributed by atoms with E-state index in [2.05, 4.69) is 10.0 Å². The molecule has 1 saturated heterocycles. The fraction of sp³-hybridized carbons (Fsp3) is 0.714. The summed E-state index contributed by atoms with van der Waals surface area (Å²) in [5.74, 6) is -1.41. The van der Waals surface area contributed by atoms with E-state index < -0.39 is 43.3 Å². The number of azide groups is 1. The third-order valence-corrected chi connectivity index (χ3v) is 2.34. The van der Waals surface area contributed by atoms with Gasteiger partial charge in [-0.05, 0) is 5.53 Å². The van der Waals surface area contributed by atoms with Crippen LogP contribution >= 0.6 is 0 Å². The van der Waals surface area contributed by atoms with Crippen molar-refractivity contribution in [3.63, 3.8) is 0 Å². The lowest BCUT2D eigenvalue weighted by atomic mass is 10.0. The van der Waals surface area contributed by atoms with Crippen LogP contribution in [0.5, 0.6) is 0 Å². The summed E-state index contributed by atoms with van der Waals surface area (Å²) in [6.45, 7) is -1.17. The van der Waals surface area contributed by atoms with Gasteiger partial charge >= 0.3 is 12.1 Å². The molecule has 1 rings (SSSR count). The van der Waals surface area contributed by atoms with Crippen LogP contribution in [0.1, 0.15) is 6.42 Å². The molecule has 1 heterocycles. The predicted molar refractivity (Wildman–Crippen MR) is 48.6 cm³/mol. The van der Waals surface area contributed by atoms with Crippen molar-refractivity contribution < 1.29 is 24.2 Å². The van der Waals surface area contributed by atoms with Crippen LogP contribution in [0, 0.1) is 0 Å². The molecule has 9 heteroatoms. The quantitative estimate of drug-likeness (QED) is 0.424. The van der Waals surface area contributed by atoms with Crippen molar-refractivity contribution in [3.05, 3.63) is 10.4 Å². The standard InChI is InChI=1S/C7H9FN4O4/c8-7(2-10-11-9)1-4(5(13)14)12(3-7)6(15)16/h4H,1-3H2,(H,13,14)(H,15,16)/t4-,7+/m0/s1. The first-order chi connectivity index (χ1) is 7.39. The van der Waals surface area contributed by atoms with Gasteiger partial charge in [0.05, 0.1) is 13.1 Å². The smallest absolute Gasteiger partial charge is 0.408 e. The number of carboxylic acids is 1. The highest BCUT2D eigenvalue weighted by molar-refractivity contribution is 5.80. The van der Waals surface area contributed by atoms with E-state index in [0.717, 1.165) is 0 Å². The normalized spacial score (nSPS) is 28.6. The lowest BCUT2D eigenvalue weighted by Gasteiger charge is -2.17. The third-order valence-electron chi connectivity index (χ3n) is 2.34. The average molecular weight is 232 g/mol. The first-order valence-electron chi connectivity index (χ1n) is 4.32. The summed E-state index contributed by atoms with van der Waals surface area (Å²) in [5.41, 5.74) is 5.93. The Morgan fingerprint density at radius 1 is 1.62 bits per heavy atom. The zero-order valence-corrected chi connectivity index (χ0v) is 8.08. The van der Waals surface area contributed by atoms with E-state index in [9.17, 15) is 14.0 Å². The van der Waals surface area contributed by atoms with Crippen LogP contribution < -0.4 is 0 Å². The summed E-state index contributed by atoms with van der Waals surface area (Å²) >= 11 is 0. The Morgan fingerprint density at radius 3 is 2.62 bits per heavy atom. The summed E-state index contributed by atoms with van der Waals surface area (Å²) in [5, 5.41) is 20.4. The van der Waals surface area contributed by atoms with Crippen molar-refractivity contribution in [2.75, 3.05) is 13.1 Å². The highest BCUT2D eigenvalue weighted by Gasteiger charge is 2.49. The molecule has 0 bridgehead atoms. The molecular weight excluding hydrogens is 223 g/mol. The molecule has 0 aromatic heterocycles. The van der Waals surface area contributed by atoms with Gasteiger partial charge in [0, 0.05) is 11.3 Å². The Bertz CT molecular complexity index is 345. The SMILES string of the molecule is [N-]=[N+]=NC[C@]1(F)C[C@@H](C(=O)O)N(C(=O)O)C1. The minimum Gasteiger partial charge on any atom is -0.480 e. The molecule has 0 aliphatic carbocycles. The van der Waals surface area contributed by atoms with Gasteiger partial charge in [-0.1, -0.05) is 5.11 Å². The number of rotatable bonds is 3. The second-order valence-electron chi connectivity index (χ2n) is 3.51. The minimum atomic E-state index is -2.10. The van der Waals surface area contributed by atoms with Crippen LogP contribution in [0.2, 0.25) is 0 Å². The number of likely N-dealkylation sites (tertiary alicyclic amines) is 1. The Morgan fingerprint density at radius 2 is 2.25 bits per heavy atom. The van der Waals surface area contributed by atoms with E-state index in [4.69, 9.17) is 15.7 Å². The molecule has 16 heavy (non-hydrogen) atoms. The lowest BCUT2D eigenvalue weighted by Crippen LogP contribution is -2.40. The zero-order chi connectivity index (χ0) is 12.3. The van der Waals surface area contributed by atoms with E-state index in [1.165, 1.54) is 0 Å². The van der Waals surface area contributed by atoms with Crippen LogP contribution in [0.15, 0.2) is 5.11 Å². The van der Waals surface area contributed by atoms with E-state index >= 15 is 0 Å². The van der Waals surface area contributed by atoms with Gasteiger partial charge in [-0.25, -0.2) is 14.0 Å². The van der Waals surface area contributed by atoms with Crippen molar-refractivity contribution in [2.24, 2.45) is 5.11 Å². The van der Waals surface area contributed by atoms with Gasteiger partial charge < -0.3 is 10.2 Å². The number of aliphatic carboxylic acids is 1. The fourth-order valence-electron chi connectivity index (χ4n) is 1.63. The predicted octanol–water partition coefficient (Wildman–Crippen LogP) is 0.842. The van der Waals surface area contributed by atoms with Crippen molar-refractivity contribution in [1.29, 1.82) is 0 Å². The molecule has 0 unspecified atom stereocenters. The van der Waals surface area contributed by atoms with E-state index in [1.54, 1.807) is 0 Å². The van der Waals surface area contributed by atoms with Crippen LogP contribution in [0.4, 0.5) is 9.18 Å².